The molecule has 174 valence electrons. The third-order valence-electron chi connectivity index (χ3n) is 5.82. The molecule has 0 saturated carbocycles. The lowest BCUT2D eigenvalue weighted by Crippen LogP contribution is -2.48. The maximum absolute atomic E-state index is 13.6. The molecule has 2 heterocycles. The summed E-state index contributed by atoms with van der Waals surface area (Å²) in [5.74, 6) is -0.421. The van der Waals surface area contributed by atoms with E-state index < -0.39 is 11.2 Å². The zero-order valence-electron chi connectivity index (χ0n) is 18.9. The van der Waals surface area contributed by atoms with Crippen LogP contribution in [-0.4, -0.2) is 53.7 Å². The Bertz CT molecular complexity index is 1020. The standard InChI is InChI=1S/C23H33N5O4/c1-3-11-28-20(24)19(21(29)25-23(28)31)27(13-14-32-2)22(30)18-10-7-12-26(16-18)15-17-8-5-4-6-9-17/h4-6,8-9,18H,3,7,10-16,24H2,1-2H3,(H,25,29,31). The highest BCUT2D eigenvalue weighted by Crippen LogP contribution is 2.25. The van der Waals surface area contributed by atoms with Gasteiger partial charge in [-0.2, -0.15) is 0 Å². The molecule has 1 unspecified atom stereocenters. The number of carbonyl (C=O) groups is 1. The Hall–Kier alpha value is -2.91. The Balaban J connectivity index is 1.87. The number of rotatable bonds is 9. The fourth-order valence-corrected chi connectivity index (χ4v) is 4.26. The van der Waals surface area contributed by atoms with Crippen LogP contribution < -0.4 is 21.9 Å². The van der Waals surface area contributed by atoms with E-state index in [0.717, 1.165) is 25.9 Å². The van der Waals surface area contributed by atoms with E-state index in [2.05, 4.69) is 22.0 Å². The summed E-state index contributed by atoms with van der Waals surface area (Å²) < 4.78 is 6.50. The number of likely N-dealkylation sites (tertiary alicyclic amines) is 1. The number of hydrogen-bond acceptors (Lipinski definition) is 6. The third kappa shape index (κ3) is 5.46. The van der Waals surface area contributed by atoms with Crippen LogP contribution >= 0.6 is 0 Å². The van der Waals surface area contributed by atoms with Gasteiger partial charge in [-0.25, -0.2) is 4.79 Å². The molecule has 1 fully saturated rings. The summed E-state index contributed by atoms with van der Waals surface area (Å²) in [5, 5.41) is 0. The minimum atomic E-state index is -0.652. The number of nitrogens with two attached hydrogens (primary N) is 1. The first-order valence-corrected chi connectivity index (χ1v) is 11.2. The van der Waals surface area contributed by atoms with Crippen molar-refractivity contribution in [2.45, 2.75) is 39.3 Å². The predicted molar refractivity (Wildman–Crippen MR) is 125 cm³/mol. The number of anilines is 2. The zero-order chi connectivity index (χ0) is 23.1. The molecule has 0 bridgehead atoms. The van der Waals surface area contributed by atoms with Crippen LogP contribution in [0.25, 0.3) is 0 Å². The summed E-state index contributed by atoms with van der Waals surface area (Å²) in [6.07, 6.45) is 2.29. The van der Waals surface area contributed by atoms with Gasteiger partial charge in [0.2, 0.25) is 5.91 Å². The molecule has 1 amide bonds. The van der Waals surface area contributed by atoms with E-state index >= 15 is 0 Å². The molecule has 0 aliphatic carbocycles. The molecule has 9 nitrogen and oxygen atoms in total. The summed E-state index contributed by atoms with van der Waals surface area (Å²) in [6, 6.07) is 10.2. The highest BCUT2D eigenvalue weighted by molar-refractivity contribution is 5.97. The number of carbonyl (C=O) groups excluding carboxylic acids is 1. The number of methoxy groups -OCH3 is 1. The quantitative estimate of drug-likeness (QED) is 0.606. The highest BCUT2D eigenvalue weighted by Gasteiger charge is 2.32. The molecule has 32 heavy (non-hydrogen) atoms. The van der Waals surface area contributed by atoms with Gasteiger partial charge in [0.05, 0.1) is 12.5 Å². The summed E-state index contributed by atoms with van der Waals surface area (Å²) in [6.45, 7) is 4.99. The second-order valence-electron chi connectivity index (χ2n) is 8.19. The minimum Gasteiger partial charge on any atom is -0.383 e. The molecule has 0 spiro atoms. The number of benzene rings is 1. The van der Waals surface area contributed by atoms with E-state index in [4.69, 9.17) is 10.5 Å². The van der Waals surface area contributed by atoms with Crippen molar-refractivity contribution in [1.82, 2.24) is 14.5 Å². The average Bonchev–Trinajstić information content (AvgIpc) is 2.79. The molecule has 3 rings (SSSR count). The predicted octanol–water partition coefficient (Wildman–Crippen LogP) is 1.42. The van der Waals surface area contributed by atoms with Crippen molar-refractivity contribution in [2.75, 3.05) is 44.0 Å². The van der Waals surface area contributed by atoms with Crippen LogP contribution in [0.3, 0.4) is 0 Å². The first-order chi connectivity index (χ1) is 15.5. The van der Waals surface area contributed by atoms with Crippen LogP contribution in [0.4, 0.5) is 11.5 Å². The number of H-pyrrole nitrogens is 1. The Morgan fingerprint density at radius 2 is 2.03 bits per heavy atom. The van der Waals surface area contributed by atoms with Crippen LogP contribution in [0.15, 0.2) is 39.9 Å². The van der Waals surface area contributed by atoms with Crippen LogP contribution in [0.2, 0.25) is 0 Å². The van der Waals surface area contributed by atoms with Gasteiger partial charge in [0, 0.05) is 33.3 Å². The maximum Gasteiger partial charge on any atom is 0.330 e. The topological polar surface area (TPSA) is 114 Å². The summed E-state index contributed by atoms with van der Waals surface area (Å²) in [7, 11) is 1.54. The Labute approximate surface area is 187 Å². The molecule has 1 saturated heterocycles. The smallest absolute Gasteiger partial charge is 0.330 e. The van der Waals surface area contributed by atoms with Gasteiger partial charge < -0.3 is 15.4 Å². The number of hydrogen-bond donors (Lipinski definition) is 2. The lowest BCUT2D eigenvalue weighted by molar-refractivity contribution is -0.124. The van der Waals surface area contributed by atoms with Crippen molar-refractivity contribution in [3.63, 3.8) is 0 Å². The lowest BCUT2D eigenvalue weighted by atomic mass is 9.95. The summed E-state index contributed by atoms with van der Waals surface area (Å²) in [5.41, 5.74) is 6.25. The number of nitrogens with one attached hydrogen (secondary N) is 1. The van der Waals surface area contributed by atoms with Crippen molar-refractivity contribution >= 4 is 17.4 Å². The van der Waals surface area contributed by atoms with Gasteiger partial charge in [-0.05, 0) is 31.4 Å². The minimum absolute atomic E-state index is 0.0157. The monoisotopic (exact) mass is 443 g/mol. The van der Waals surface area contributed by atoms with E-state index in [0.29, 0.717) is 19.5 Å². The Kier molecular flexibility index (Phi) is 8.24. The van der Waals surface area contributed by atoms with Crippen LogP contribution in [0.5, 0.6) is 0 Å². The molecular weight excluding hydrogens is 410 g/mol. The first-order valence-electron chi connectivity index (χ1n) is 11.2. The molecule has 2 aromatic rings. The second kappa shape index (κ2) is 11.1. The van der Waals surface area contributed by atoms with E-state index in [1.54, 1.807) is 0 Å². The highest BCUT2D eigenvalue weighted by atomic mass is 16.5. The van der Waals surface area contributed by atoms with E-state index in [1.165, 1.54) is 22.1 Å². The average molecular weight is 444 g/mol. The number of aromatic nitrogens is 2. The Morgan fingerprint density at radius 1 is 1.28 bits per heavy atom. The molecule has 0 radical (unpaired) electrons. The second-order valence-corrected chi connectivity index (χ2v) is 8.19. The molecule has 1 aliphatic rings. The first kappa shape index (κ1) is 23.7. The summed E-state index contributed by atoms with van der Waals surface area (Å²) in [4.78, 5) is 44.5. The van der Waals surface area contributed by atoms with Gasteiger partial charge in [-0.15, -0.1) is 0 Å². The molecule has 1 aromatic carbocycles. The number of nitrogen functional groups attached to an aromatic ring is 1. The molecule has 9 heteroatoms. The molecular formula is C23H33N5O4. The molecule has 1 atom stereocenters. The number of aromatic amines is 1. The number of piperidine rings is 1. The van der Waals surface area contributed by atoms with Gasteiger partial charge in [0.1, 0.15) is 5.82 Å². The van der Waals surface area contributed by atoms with Crippen molar-refractivity contribution in [2.24, 2.45) is 5.92 Å². The molecule has 1 aromatic heterocycles. The van der Waals surface area contributed by atoms with Crippen molar-refractivity contribution in [3.8, 4) is 0 Å². The van der Waals surface area contributed by atoms with E-state index in [1.807, 2.05) is 25.1 Å². The normalized spacial score (nSPS) is 16.8. The van der Waals surface area contributed by atoms with Gasteiger partial charge in [0.15, 0.2) is 5.69 Å². The van der Waals surface area contributed by atoms with Crippen molar-refractivity contribution < 1.29 is 9.53 Å². The zero-order valence-corrected chi connectivity index (χ0v) is 18.9. The van der Waals surface area contributed by atoms with Crippen molar-refractivity contribution in [3.05, 3.63) is 56.7 Å². The van der Waals surface area contributed by atoms with Crippen LogP contribution in [0.1, 0.15) is 31.7 Å². The van der Waals surface area contributed by atoms with Crippen LogP contribution in [-0.2, 0) is 22.6 Å². The number of ether oxygens (including phenoxy) is 1. The largest absolute Gasteiger partial charge is 0.383 e. The third-order valence-corrected chi connectivity index (χ3v) is 5.82. The number of amides is 1. The van der Waals surface area contributed by atoms with Gasteiger partial charge in [0.25, 0.3) is 5.56 Å². The van der Waals surface area contributed by atoms with E-state index in [-0.39, 0.29) is 36.5 Å². The molecule has 3 N–H and O–H groups in total. The van der Waals surface area contributed by atoms with Crippen molar-refractivity contribution in [1.29, 1.82) is 0 Å². The fraction of sp³-hybridized carbons (Fsp3) is 0.522. The van der Waals surface area contributed by atoms with Gasteiger partial charge in [-0.1, -0.05) is 37.3 Å². The Morgan fingerprint density at radius 3 is 2.72 bits per heavy atom. The SMILES string of the molecule is CCCn1c(N)c(N(CCOC)C(=O)C2CCCN(Cc3ccccc3)C2)c(=O)[nH]c1=O. The van der Waals surface area contributed by atoms with E-state index in [9.17, 15) is 14.4 Å². The summed E-state index contributed by atoms with van der Waals surface area (Å²) >= 11 is 0. The number of nitrogens with zero attached hydrogens (tertiary/aromatic N) is 3. The lowest BCUT2D eigenvalue weighted by Gasteiger charge is -2.35. The molecule has 1 aliphatic heterocycles. The fourth-order valence-electron chi connectivity index (χ4n) is 4.26. The van der Waals surface area contributed by atoms with Crippen LogP contribution in [0, 0.1) is 5.92 Å². The van der Waals surface area contributed by atoms with Gasteiger partial charge in [-0.3, -0.25) is 24.0 Å². The van der Waals surface area contributed by atoms with Gasteiger partial charge >= 0.3 is 5.69 Å². The maximum atomic E-state index is 13.6.